The van der Waals surface area contributed by atoms with Gasteiger partial charge >= 0.3 is 11.9 Å². The summed E-state index contributed by atoms with van der Waals surface area (Å²) in [5, 5.41) is 0. The molecule has 0 unspecified atom stereocenters. The highest BCUT2D eigenvalue weighted by Gasteiger charge is 2.33. The van der Waals surface area contributed by atoms with Crippen molar-refractivity contribution < 1.29 is 37.3 Å². The second-order valence-corrected chi connectivity index (χ2v) is 4.66. The van der Waals surface area contributed by atoms with E-state index >= 15 is 0 Å². The van der Waals surface area contributed by atoms with Crippen molar-refractivity contribution in [3.05, 3.63) is 35.0 Å². The van der Waals surface area contributed by atoms with E-state index in [1.165, 1.54) is 18.1 Å². The molecule has 0 amide bonds. The van der Waals surface area contributed by atoms with Crippen LogP contribution in [0, 0.1) is 11.6 Å². The van der Waals surface area contributed by atoms with Crippen molar-refractivity contribution in [3.63, 3.8) is 0 Å². The number of benzene rings is 1. The van der Waals surface area contributed by atoms with Crippen molar-refractivity contribution in [2.24, 2.45) is 0 Å². The molecule has 1 heterocycles. The van der Waals surface area contributed by atoms with Crippen LogP contribution in [0.1, 0.15) is 0 Å². The van der Waals surface area contributed by atoms with E-state index in [9.17, 15) is 18.4 Å². The van der Waals surface area contributed by atoms with Gasteiger partial charge in [0, 0.05) is 12.1 Å². The van der Waals surface area contributed by atoms with E-state index in [0.29, 0.717) is 0 Å². The molecule has 0 aromatic heterocycles. The fraction of sp³-hybridized carbons (Fsp3) is 0.333. The fourth-order valence-electron chi connectivity index (χ4n) is 2.20. The summed E-state index contributed by atoms with van der Waals surface area (Å²) in [5.41, 5.74) is -0.227. The number of carbonyl (C=O) groups is 2. The van der Waals surface area contributed by atoms with Crippen molar-refractivity contribution in [3.8, 4) is 5.75 Å². The molecule has 0 saturated carbocycles. The van der Waals surface area contributed by atoms with E-state index in [2.05, 4.69) is 9.47 Å². The minimum Gasteiger partial charge on any atom is -0.493 e. The van der Waals surface area contributed by atoms with Crippen molar-refractivity contribution in [2.45, 2.75) is 0 Å². The van der Waals surface area contributed by atoms with Crippen molar-refractivity contribution >= 4 is 17.6 Å². The van der Waals surface area contributed by atoms with Crippen molar-refractivity contribution in [1.29, 1.82) is 0 Å². The fourth-order valence-corrected chi connectivity index (χ4v) is 2.20. The highest BCUT2D eigenvalue weighted by Crippen LogP contribution is 2.32. The second kappa shape index (κ2) is 7.26. The van der Waals surface area contributed by atoms with E-state index < -0.39 is 23.6 Å². The number of methoxy groups -OCH3 is 3. The third kappa shape index (κ3) is 3.16. The first-order valence-electron chi connectivity index (χ1n) is 6.72. The maximum absolute atomic E-state index is 13.8. The molecule has 1 aliphatic rings. The SMILES string of the molecule is COC(=O)C1=C(C(=O)OC)N(c2cc(F)c(F)c(OC)c2)COC1. The van der Waals surface area contributed by atoms with Crippen molar-refractivity contribution in [1.82, 2.24) is 0 Å². The van der Waals surface area contributed by atoms with Crippen LogP contribution in [0.2, 0.25) is 0 Å². The number of nitrogens with zero attached hydrogens (tertiary/aromatic N) is 1. The first-order chi connectivity index (χ1) is 11.4. The summed E-state index contributed by atoms with van der Waals surface area (Å²) in [6.45, 7) is -0.367. The molecule has 1 aromatic carbocycles. The van der Waals surface area contributed by atoms with Gasteiger partial charge in [-0.25, -0.2) is 14.0 Å². The van der Waals surface area contributed by atoms with Crippen LogP contribution in [-0.2, 0) is 23.8 Å². The van der Waals surface area contributed by atoms with Gasteiger partial charge in [0.1, 0.15) is 12.4 Å². The van der Waals surface area contributed by atoms with Crippen LogP contribution in [0.25, 0.3) is 0 Å². The number of esters is 2. The largest absolute Gasteiger partial charge is 0.493 e. The standard InChI is InChI=1S/C15H15F2NO6/c1-21-11-5-8(4-10(16)12(11)17)18-7-24-6-9(14(19)22-2)13(18)15(20)23-3/h4-5H,6-7H2,1-3H3. The Morgan fingerprint density at radius 2 is 1.79 bits per heavy atom. The number of anilines is 1. The lowest BCUT2D eigenvalue weighted by atomic mass is 10.1. The summed E-state index contributed by atoms with van der Waals surface area (Å²) in [6.07, 6.45) is 0. The molecule has 0 radical (unpaired) electrons. The molecular weight excluding hydrogens is 328 g/mol. The topological polar surface area (TPSA) is 74.3 Å². The zero-order chi connectivity index (χ0) is 17.9. The summed E-state index contributed by atoms with van der Waals surface area (Å²) < 4.78 is 46.7. The van der Waals surface area contributed by atoms with Gasteiger partial charge in [-0.05, 0) is 0 Å². The first-order valence-corrected chi connectivity index (χ1v) is 6.72. The molecule has 0 atom stereocenters. The number of halogens is 2. The molecule has 0 aliphatic carbocycles. The van der Waals surface area contributed by atoms with Gasteiger partial charge in [-0.3, -0.25) is 0 Å². The average Bonchev–Trinajstić information content (AvgIpc) is 2.61. The predicted molar refractivity (Wildman–Crippen MR) is 77.3 cm³/mol. The monoisotopic (exact) mass is 343 g/mol. The van der Waals surface area contributed by atoms with Crippen LogP contribution in [0.5, 0.6) is 5.75 Å². The van der Waals surface area contributed by atoms with Gasteiger partial charge in [-0.2, -0.15) is 4.39 Å². The Bertz CT molecular complexity index is 703. The summed E-state index contributed by atoms with van der Waals surface area (Å²) >= 11 is 0. The number of carbonyl (C=O) groups excluding carboxylic acids is 2. The van der Waals surface area contributed by atoms with Crippen LogP contribution < -0.4 is 9.64 Å². The minimum atomic E-state index is -1.18. The highest BCUT2D eigenvalue weighted by molar-refractivity contribution is 6.03. The zero-order valence-electron chi connectivity index (χ0n) is 13.2. The molecule has 24 heavy (non-hydrogen) atoms. The van der Waals surface area contributed by atoms with E-state index in [-0.39, 0.29) is 36.0 Å². The molecule has 1 aliphatic heterocycles. The lowest BCUT2D eigenvalue weighted by Gasteiger charge is -2.31. The maximum atomic E-state index is 13.8. The van der Waals surface area contributed by atoms with E-state index in [1.54, 1.807) is 0 Å². The van der Waals surface area contributed by atoms with Gasteiger partial charge in [0.15, 0.2) is 11.6 Å². The molecule has 0 N–H and O–H groups in total. The number of rotatable bonds is 4. The van der Waals surface area contributed by atoms with Gasteiger partial charge in [0.2, 0.25) is 5.82 Å². The molecule has 0 fully saturated rings. The lowest BCUT2D eigenvalue weighted by Crippen LogP contribution is -2.38. The Morgan fingerprint density at radius 3 is 2.38 bits per heavy atom. The Hall–Kier alpha value is -2.68. The van der Waals surface area contributed by atoms with E-state index in [4.69, 9.17) is 9.47 Å². The third-order valence-corrected chi connectivity index (χ3v) is 3.34. The number of hydrogen-bond donors (Lipinski definition) is 0. The summed E-state index contributed by atoms with van der Waals surface area (Å²) in [7, 11) is 3.44. The van der Waals surface area contributed by atoms with Crippen LogP contribution >= 0.6 is 0 Å². The smallest absolute Gasteiger partial charge is 0.355 e. The average molecular weight is 343 g/mol. The van der Waals surface area contributed by atoms with Gasteiger partial charge in [-0.1, -0.05) is 0 Å². The second-order valence-electron chi connectivity index (χ2n) is 4.66. The zero-order valence-corrected chi connectivity index (χ0v) is 13.2. The summed E-state index contributed by atoms with van der Waals surface area (Å²) in [5.74, 6) is -4.36. The van der Waals surface area contributed by atoms with Crippen LogP contribution in [0.4, 0.5) is 14.5 Å². The van der Waals surface area contributed by atoms with Gasteiger partial charge in [0.05, 0.1) is 39.2 Å². The van der Waals surface area contributed by atoms with E-state index in [1.807, 2.05) is 0 Å². The van der Waals surface area contributed by atoms with Crippen molar-refractivity contribution in [2.75, 3.05) is 39.6 Å². The summed E-state index contributed by atoms with van der Waals surface area (Å²) in [4.78, 5) is 25.1. The van der Waals surface area contributed by atoms with Gasteiger partial charge < -0.3 is 23.8 Å². The van der Waals surface area contributed by atoms with E-state index in [0.717, 1.165) is 20.3 Å². The molecule has 2 rings (SSSR count). The summed E-state index contributed by atoms with van der Waals surface area (Å²) in [6, 6.07) is 2.02. The van der Waals surface area contributed by atoms with Crippen LogP contribution in [-0.4, -0.2) is 46.6 Å². The third-order valence-electron chi connectivity index (χ3n) is 3.34. The molecule has 1 aromatic rings. The molecule has 0 bridgehead atoms. The van der Waals surface area contributed by atoms with Gasteiger partial charge in [0.25, 0.3) is 0 Å². The van der Waals surface area contributed by atoms with Gasteiger partial charge in [-0.15, -0.1) is 0 Å². The molecule has 0 saturated heterocycles. The highest BCUT2D eigenvalue weighted by atomic mass is 19.2. The normalized spacial score (nSPS) is 14.5. The Morgan fingerprint density at radius 1 is 1.12 bits per heavy atom. The molecule has 7 nitrogen and oxygen atoms in total. The Balaban J connectivity index is 2.61. The van der Waals surface area contributed by atoms with Crippen LogP contribution in [0.3, 0.4) is 0 Å². The number of ether oxygens (including phenoxy) is 4. The Kier molecular flexibility index (Phi) is 5.35. The molecule has 130 valence electrons. The first kappa shape index (κ1) is 17.7. The quantitative estimate of drug-likeness (QED) is 0.764. The Labute approximate surface area is 136 Å². The molecule has 0 spiro atoms. The molecule has 9 heteroatoms. The maximum Gasteiger partial charge on any atom is 0.355 e. The number of hydrogen-bond acceptors (Lipinski definition) is 7. The molecular formula is C15H15F2NO6. The predicted octanol–water partition coefficient (Wildman–Crippen LogP) is 1.37. The van der Waals surface area contributed by atoms with Crippen LogP contribution in [0.15, 0.2) is 23.4 Å². The lowest BCUT2D eigenvalue weighted by molar-refractivity contribution is -0.140. The minimum absolute atomic E-state index is 0.0484.